The van der Waals surface area contributed by atoms with E-state index < -0.39 is 5.97 Å². The minimum atomic E-state index is -0.806. The van der Waals surface area contributed by atoms with Gasteiger partial charge in [-0.15, -0.1) is 0 Å². The molecule has 1 saturated carbocycles. The van der Waals surface area contributed by atoms with Gasteiger partial charge in [-0.05, 0) is 30.4 Å². The van der Waals surface area contributed by atoms with E-state index in [9.17, 15) is 9.59 Å². The molecule has 6 heteroatoms. The van der Waals surface area contributed by atoms with Crippen LogP contribution in [0.4, 0.5) is 10.5 Å². The van der Waals surface area contributed by atoms with Crippen molar-refractivity contribution in [2.45, 2.75) is 25.7 Å². The number of carboxylic acids is 1. The first-order valence-corrected chi connectivity index (χ1v) is 6.66. The number of aromatic nitrogens is 1. The summed E-state index contributed by atoms with van der Waals surface area (Å²) in [6, 6.07) is 3.31. The summed E-state index contributed by atoms with van der Waals surface area (Å²) in [6.45, 7) is 0.405. The standard InChI is InChI=1S/C14H19N3O3/c1-17(11-4-2-7-15-9-11)13(20)16-10-14(5-3-6-14)8-12(18)19/h2,4,7,9H,3,5-6,8,10H2,1H3,(H,16,20)(H,18,19). The molecule has 0 aromatic carbocycles. The molecule has 0 unspecified atom stereocenters. The molecule has 0 spiro atoms. The van der Waals surface area contributed by atoms with Crippen LogP contribution < -0.4 is 10.2 Å². The van der Waals surface area contributed by atoms with Crippen LogP contribution in [0.2, 0.25) is 0 Å². The first-order chi connectivity index (χ1) is 9.52. The number of amides is 2. The molecule has 2 rings (SSSR count). The number of aliphatic carboxylic acids is 1. The van der Waals surface area contributed by atoms with Crippen molar-refractivity contribution < 1.29 is 14.7 Å². The fraction of sp³-hybridized carbons (Fsp3) is 0.500. The van der Waals surface area contributed by atoms with Crippen molar-refractivity contribution in [3.05, 3.63) is 24.5 Å². The van der Waals surface area contributed by atoms with Gasteiger partial charge in [-0.25, -0.2) is 4.79 Å². The van der Waals surface area contributed by atoms with Gasteiger partial charge in [0.05, 0.1) is 18.3 Å². The summed E-state index contributed by atoms with van der Waals surface area (Å²) in [5, 5.41) is 11.8. The fourth-order valence-corrected chi connectivity index (χ4v) is 2.46. The minimum absolute atomic E-state index is 0.115. The third kappa shape index (κ3) is 3.26. The summed E-state index contributed by atoms with van der Waals surface area (Å²) < 4.78 is 0. The van der Waals surface area contributed by atoms with Gasteiger partial charge < -0.3 is 10.4 Å². The number of anilines is 1. The molecule has 1 aromatic heterocycles. The lowest BCUT2D eigenvalue weighted by Crippen LogP contribution is -2.47. The molecule has 6 nitrogen and oxygen atoms in total. The topological polar surface area (TPSA) is 82.5 Å². The van der Waals surface area contributed by atoms with Crippen molar-refractivity contribution in [2.75, 3.05) is 18.5 Å². The fourth-order valence-electron chi connectivity index (χ4n) is 2.46. The van der Waals surface area contributed by atoms with Crippen LogP contribution in [0.25, 0.3) is 0 Å². The van der Waals surface area contributed by atoms with Gasteiger partial charge in [0.15, 0.2) is 0 Å². The van der Waals surface area contributed by atoms with Gasteiger partial charge in [0.1, 0.15) is 0 Å². The van der Waals surface area contributed by atoms with Gasteiger partial charge in [0.25, 0.3) is 0 Å². The molecule has 0 bridgehead atoms. The van der Waals surface area contributed by atoms with E-state index in [1.54, 1.807) is 31.6 Å². The lowest BCUT2D eigenvalue weighted by atomic mass is 9.66. The smallest absolute Gasteiger partial charge is 0.321 e. The van der Waals surface area contributed by atoms with Crippen LogP contribution in [0, 0.1) is 5.41 Å². The first kappa shape index (κ1) is 14.3. The number of rotatable bonds is 5. The number of urea groups is 1. The Balaban J connectivity index is 1.90. The molecule has 2 N–H and O–H groups in total. The lowest BCUT2D eigenvalue weighted by molar-refractivity contribution is -0.141. The van der Waals surface area contributed by atoms with Gasteiger partial charge in [-0.2, -0.15) is 0 Å². The van der Waals surface area contributed by atoms with Crippen LogP contribution >= 0.6 is 0 Å². The van der Waals surface area contributed by atoms with Crippen LogP contribution in [0.3, 0.4) is 0 Å². The zero-order valence-corrected chi connectivity index (χ0v) is 11.5. The van der Waals surface area contributed by atoms with Crippen LogP contribution in [0.5, 0.6) is 0 Å². The molecule has 2 amide bonds. The molecule has 1 aliphatic rings. The second-order valence-electron chi connectivity index (χ2n) is 5.35. The van der Waals surface area contributed by atoms with E-state index in [4.69, 9.17) is 5.11 Å². The summed E-state index contributed by atoms with van der Waals surface area (Å²) in [7, 11) is 1.66. The van der Waals surface area contributed by atoms with Crippen LogP contribution in [-0.2, 0) is 4.79 Å². The quantitative estimate of drug-likeness (QED) is 0.860. The average molecular weight is 277 g/mol. The zero-order valence-electron chi connectivity index (χ0n) is 11.5. The molecule has 0 atom stereocenters. The first-order valence-electron chi connectivity index (χ1n) is 6.66. The number of nitrogens with zero attached hydrogens (tertiary/aromatic N) is 2. The van der Waals surface area contributed by atoms with E-state index in [1.165, 1.54) is 4.90 Å². The Morgan fingerprint density at radius 1 is 1.50 bits per heavy atom. The summed E-state index contributed by atoms with van der Waals surface area (Å²) in [5.41, 5.74) is 0.433. The highest BCUT2D eigenvalue weighted by molar-refractivity contribution is 5.91. The SMILES string of the molecule is CN(C(=O)NCC1(CC(=O)O)CCC1)c1cccnc1. The molecule has 20 heavy (non-hydrogen) atoms. The molecule has 0 radical (unpaired) electrons. The van der Waals surface area contributed by atoms with E-state index >= 15 is 0 Å². The molecule has 1 aromatic rings. The number of nitrogens with one attached hydrogen (secondary N) is 1. The Labute approximate surface area is 117 Å². The van der Waals surface area contributed by atoms with Gasteiger partial charge in [-0.3, -0.25) is 14.7 Å². The van der Waals surface area contributed by atoms with Crippen molar-refractivity contribution in [1.29, 1.82) is 0 Å². The molecule has 0 aliphatic heterocycles. The van der Waals surface area contributed by atoms with E-state index in [2.05, 4.69) is 10.3 Å². The maximum Gasteiger partial charge on any atom is 0.321 e. The third-order valence-electron chi connectivity index (χ3n) is 3.89. The lowest BCUT2D eigenvalue weighted by Gasteiger charge is -2.41. The van der Waals surface area contributed by atoms with Crippen molar-refractivity contribution in [3.8, 4) is 0 Å². The zero-order chi connectivity index (χ0) is 14.6. The summed E-state index contributed by atoms with van der Waals surface area (Å²) in [5.74, 6) is -0.806. The van der Waals surface area contributed by atoms with E-state index in [1.807, 2.05) is 0 Å². The Morgan fingerprint density at radius 2 is 2.25 bits per heavy atom. The highest BCUT2D eigenvalue weighted by Crippen LogP contribution is 2.43. The Bertz CT molecular complexity index is 486. The molecular weight excluding hydrogens is 258 g/mol. The maximum atomic E-state index is 12.1. The normalized spacial score (nSPS) is 16.1. The Kier molecular flexibility index (Phi) is 4.22. The monoisotopic (exact) mass is 277 g/mol. The van der Waals surface area contributed by atoms with Crippen LogP contribution in [0.15, 0.2) is 24.5 Å². The molecule has 1 aliphatic carbocycles. The third-order valence-corrected chi connectivity index (χ3v) is 3.89. The highest BCUT2D eigenvalue weighted by Gasteiger charge is 2.39. The Hall–Kier alpha value is -2.11. The summed E-state index contributed by atoms with van der Waals surface area (Å²) >= 11 is 0. The molecule has 1 fully saturated rings. The predicted octanol–water partition coefficient (Wildman–Crippen LogP) is 1.87. The Morgan fingerprint density at radius 3 is 2.75 bits per heavy atom. The molecule has 0 saturated heterocycles. The van der Waals surface area contributed by atoms with Gasteiger partial charge >= 0.3 is 12.0 Å². The molecule has 108 valence electrons. The van der Waals surface area contributed by atoms with Gasteiger partial charge in [0, 0.05) is 19.8 Å². The number of carboxylic acid groups (broad SMARTS) is 1. The summed E-state index contributed by atoms with van der Waals surface area (Å²) in [6.07, 6.45) is 6.11. The largest absolute Gasteiger partial charge is 0.481 e. The van der Waals surface area contributed by atoms with Crippen molar-refractivity contribution in [1.82, 2.24) is 10.3 Å². The van der Waals surface area contributed by atoms with Gasteiger partial charge in [-0.1, -0.05) is 6.42 Å². The maximum absolute atomic E-state index is 12.1. The number of pyridine rings is 1. The minimum Gasteiger partial charge on any atom is -0.481 e. The van der Waals surface area contributed by atoms with Crippen molar-refractivity contribution in [2.24, 2.45) is 5.41 Å². The molecule has 1 heterocycles. The van der Waals surface area contributed by atoms with E-state index in [0.29, 0.717) is 12.2 Å². The van der Waals surface area contributed by atoms with Crippen LogP contribution in [-0.4, -0.2) is 35.7 Å². The second-order valence-corrected chi connectivity index (χ2v) is 5.35. The number of carbonyl (C=O) groups is 2. The predicted molar refractivity (Wildman–Crippen MR) is 74.6 cm³/mol. The molecular formula is C14H19N3O3. The summed E-state index contributed by atoms with van der Waals surface area (Å²) in [4.78, 5) is 28.4. The van der Waals surface area contributed by atoms with Crippen LogP contribution in [0.1, 0.15) is 25.7 Å². The average Bonchev–Trinajstić information content (AvgIpc) is 2.41. The number of carbonyl (C=O) groups excluding carboxylic acids is 1. The van der Waals surface area contributed by atoms with E-state index in [-0.39, 0.29) is 17.9 Å². The number of hydrogen-bond acceptors (Lipinski definition) is 3. The second kappa shape index (κ2) is 5.90. The highest BCUT2D eigenvalue weighted by atomic mass is 16.4. The number of hydrogen-bond donors (Lipinski definition) is 2. The van der Waals surface area contributed by atoms with Crippen molar-refractivity contribution >= 4 is 17.7 Å². The van der Waals surface area contributed by atoms with Gasteiger partial charge in [0.2, 0.25) is 0 Å². The van der Waals surface area contributed by atoms with Crippen molar-refractivity contribution in [3.63, 3.8) is 0 Å². The van der Waals surface area contributed by atoms with E-state index in [0.717, 1.165) is 19.3 Å².